The highest BCUT2D eigenvalue weighted by molar-refractivity contribution is 6.33. The second-order valence-corrected chi connectivity index (χ2v) is 2.60. The summed E-state index contributed by atoms with van der Waals surface area (Å²) in [7, 11) is 0. The maximum atomic E-state index is 10.4. The minimum absolute atomic E-state index is 0.0488. The molecule has 63 valence electrons. The summed E-state index contributed by atoms with van der Waals surface area (Å²) in [6.07, 6.45) is 1.73. The van der Waals surface area contributed by atoms with E-state index in [-0.39, 0.29) is 10.7 Å². The molecule has 0 atom stereocenters. The van der Waals surface area contributed by atoms with E-state index in [1.807, 2.05) is 0 Å². The summed E-state index contributed by atoms with van der Waals surface area (Å²) >= 11 is 5.73. The van der Waals surface area contributed by atoms with Crippen LogP contribution in [0.4, 0.5) is 5.69 Å². The molecule has 0 spiro atoms. The van der Waals surface area contributed by atoms with E-state index in [2.05, 4.69) is 0 Å². The molecular weight excluding hydrogens is 178 g/mol. The van der Waals surface area contributed by atoms with Gasteiger partial charge in [0, 0.05) is 6.07 Å². The molecule has 0 N–H and O–H groups in total. The van der Waals surface area contributed by atoms with E-state index in [1.165, 1.54) is 6.07 Å². The van der Waals surface area contributed by atoms with Gasteiger partial charge in [-0.15, -0.1) is 0 Å². The SMILES string of the molecule is C[CH]c1cccc([N+](=O)[O-])c1Cl. The van der Waals surface area contributed by atoms with Crippen molar-refractivity contribution in [2.75, 3.05) is 0 Å². The first-order valence-corrected chi connectivity index (χ1v) is 3.77. The number of halogens is 1. The van der Waals surface area contributed by atoms with Crippen LogP contribution in [-0.2, 0) is 0 Å². The third-order valence-electron chi connectivity index (χ3n) is 1.52. The zero-order valence-electron chi connectivity index (χ0n) is 6.45. The summed E-state index contributed by atoms with van der Waals surface area (Å²) in [5.74, 6) is 0. The average Bonchev–Trinajstić information content (AvgIpc) is 2.04. The Morgan fingerprint density at radius 3 is 2.75 bits per heavy atom. The van der Waals surface area contributed by atoms with Gasteiger partial charge in [-0.25, -0.2) is 0 Å². The van der Waals surface area contributed by atoms with Crippen molar-refractivity contribution >= 4 is 17.3 Å². The van der Waals surface area contributed by atoms with Crippen LogP contribution >= 0.6 is 11.6 Å². The molecule has 0 aromatic heterocycles. The van der Waals surface area contributed by atoms with Gasteiger partial charge in [0.1, 0.15) is 5.02 Å². The minimum atomic E-state index is -0.491. The molecule has 0 saturated carbocycles. The van der Waals surface area contributed by atoms with Crippen LogP contribution in [0, 0.1) is 16.5 Å². The van der Waals surface area contributed by atoms with Crippen molar-refractivity contribution < 1.29 is 4.92 Å². The van der Waals surface area contributed by atoms with E-state index >= 15 is 0 Å². The van der Waals surface area contributed by atoms with Crippen molar-refractivity contribution in [2.24, 2.45) is 0 Å². The van der Waals surface area contributed by atoms with Gasteiger partial charge in [-0.1, -0.05) is 30.7 Å². The maximum absolute atomic E-state index is 10.4. The standard InChI is InChI=1S/C8H7ClNO2/c1-2-6-4-3-5-7(8(6)9)10(11)12/h2-5H,1H3. The Kier molecular flexibility index (Phi) is 2.65. The van der Waals surface area contributed by atoms with Crippen LogP contribution in [0.2, 0.25) is 5.02 Å². The third-order valence-corrected chi connectivity index (χ3v) is 1.93. The lowest BCUT2D eigenvalue weighted by molar-refractivity contribution is -0.384. The van der Waals surface area contributed by atoms with Gasteiger partial charge in [-0.2, -0.15) is 0 Å². The lowest BCUT2D eigenvalue weighted by Crippen LogP contribution is -1.91. The van der Waals surface area contributed by atoms with E-state index in [0.717, 1.165) is 0 Å². The Morgan fingerprint density at radius 2 is 2.25 bits per heavy atom. The van der Waals surface area contributed by atoms with Crippen molar-refractivity contribution in [1.29, 1.82) is 0 Å². The number of nitro benzene ring substituents is 1. The highest BCUT2D eigenvalue weighted by atomic mass is 35.5. The quantitative estimate of drug-likeness (QED) is 0.524. The smallest absolute Gasteiger partial charge is 0.258 e. The predicted octanol–water partition coefficient (Wildman–Crippen LogP) is 2.82. The molecule has 3 nitrogen and oxygen atoms in total. The van der Waals surface area contributed by atoms with Gasteiger partial charge in [-0.05, 0) is 12.0 Å². The molecule has 0 saturated heterocycles. The van der Waals surface area contributed by atoms with Crippen molar-refractivity contribution in [3.8, 4) is 0 Å². The lowest BCUT2D eigenvalue weighted by atomic mass is 10.1. The molecule has 1 aromatic rings. The average molecular weight is 185 g/mol. The fourth-order valence-corrected chi connectivity index (χ4v) is 1.21. The van der Waals surface area contributed by atoms with Gasteiger partial charge in [0.2, 0.25) is 0 Å². The van der Waals surface area contributed by atoms with E-state index in [4.69, 9.17) is 11.6 Å². The van der Waals surface area contributed by atoms with Crippen LogP contribution < -0.4 is 0 Å². The van der Waals surface area contributed by atoms with Crippen molar-refractivity contribution in [2.45, 2.75) is 6.92 Å². The number of hydrogen-bond donors (Lipinski definition) is 0. The second-order valence-electron chi connectivity index (χ2n) is 2.23. The molecule has 0 amide bonds. The Hall–Kier alpha value is -1.09. The van der Waals surface area contributed by atoms with Crippen LogP contribution in [0.25, 0.3) is 0 Å². The number of benzene rings is 1. The fourth-order valence-electron chi connectivity index (χ4n) is 0.901. The summed E-state index contributed by atoms with van der Waals surface area (Å²) < 4.78 is 0. The van der Waals surface area contributed by atoms with Crippen LogP contribution in [-0.4, -0.2) is 4.92 Å². The summed E-state index contributed by atoms with van der Waals surface area (Å²) in [6, 6.07) is 4.73. The normalized spacial score (nSPS) is 9.83. The Morgan fingerprint density at radius 1 is 1.58 bits per heavy atom. The molecule has 0 aliphatic rings. The minimum Gasteiger partial charge on any atom is -0.258 e. The van der Waals surface area contributed by atoms with Gasteiger partial charge >= 0.3 is 0 Å². The molecule has 12 heavy (non-hydrogen) atoms. The topological polar surface area (TPSA) is 43.1 Å². The fraction of sp³-hybridized carbons (Fsp3) is 0.125. The Balaban J connectivity index is 3.23. The Bertz CT molecular complexity index is 312. The summed E-state index contributed by atoms with van der Waals surface area (Å²) in [5.41, 5.74) is 0.637. The number of nitrogens with zero attached hydrogens (tertiary/aromatic N) is 1. The summed E-state index contributed by atoms with van der Waals surface area (Å²) in [4.78, 5) is 9.91. The molecule has 0 heterocycles. The van der Waals surface area contributed by atoms with Crippen LogP contribution in [0.5, 0.6) is 0 Å². The zero-order valence-corrected chi connectivity index (χ0v) is 7.21. The molecule has 1 aromatic carbocycles. The lowest BCUT2D eigenvalue weighted by Gasteiger charge is -1.99. The predicted molar refractivity (Wildman–Crippen MR) is 47.2 cm³/mol. The van der Waals surface area contributed by atoms with E-state index < -0.39 is 4.92 Å². The Labute approximate surface area is 75.1 Å². The molecule has 1 radical (unpaired) electrons. The largest absolute Gasteiger partial charge is 0.288 e. The molecule has 0 fully saturated rings. The first kappa shape index (κ1) is 9.00. The molecular formula is C8H7ClNO2. The summed E-state index contributed by atoms with van der Waals surface area (Å²) in [6.45, 7) is 1.78. The van der Waals surface area contributed by atoms with E-state index in [0.29, 0.717) is 5.56 Å². The number of rotatable bonds is 2. The van der Waals surface area contributed by atoms with Gasteiger partial charge in [0.25, 0.3) is 5.69 Å². The van der Waals surface area contributed by atoms with Crippen LogP contribution in [0.15, 0.2) is 18.2 Å². The first-order valence-electron chi connectivity index (χ1n) is 3.39. The van der Waals surface area contributed by atoms with Gasteiger partial charge in [0.15, 0.2) is 0 Å². The van der Waals surface area contributed by atoms with E-state index in [1.54, 1.807) is 25.5 Å². The van der Waals surface area contributed by atoms with Gasteiger partial charge < -0.3 is 0 Å². The zero-order chi connectivity index (χ0) is 9.14. The third kappa shape index (κ3) is 1.56. The highest BCUT2D eigenvalue weighted by Crippen LogP contribution is 2.28. The first-order chi connectivity index (χ1) is 5.66. The molecule has 0 aliphatic carbocycles. The molecule has 0 bridgehead atoms. The van der Waals surface area contributed by atoms with Crippen LogP contribution in [0.3, 0.4) is 0 Å². The number of nitro groups is 1. The van der Waals surface area contributed by atoms with E-state index in [9.17, 15) is 10.1 Å². The number of hydrogen-bond acceptors (Lipinski definition) is 2. The van der Waals surface area contributed by atoms with Gasteiger partial charge in [0.05, 0.1) is 4.92 Å². The molecule has 0 unspecified atom stereocenters. The molecule has 1 rings (SSSR count). The molecule has 0 aliphatic heterocycles. The maximum Gasteiger partial charge on any atom is 0.288 e. The molecule has 4 heteroatoms. The summed E-state index contributed by atoms with van der Waals surface area (Å²) in [5, 5.41) is 10.6. The monoisotopic (exact) mass is 184 g/mol. The van der Waals surface area contributed by atoms with Gasteiger partial charge in [-0.3, -0.25) is 10.1 Å². The highest BCUT2D eigenvalue weighted by Gasteiger charge is 2.13. The van der Waals surface area contributed by atoms with Crippen molar-refractivity contribution in [3.63, 3.8) is 0 Å². The van der Waals surface area contributed by atoms with Crippen LogP contribution in [0.1, 0.15) is 12.5 Å². The van der Waals surface area contributed by atoms with Crippen molar-refractivity contribution in [1.82, 2.24) is 0 Å². The van der Waals surface area contributed by atoms with Crippen molar-refractivity contribution in [3.05, 3.63) is 45.3 Å². The second kappa shape index (κ2) is 3.54.